The third-order valence-corrected chi connectivity index (χ3v) is 5.77. The molecule has 2 aromatic rings. The first-order valence-electron chi connectivity index (χ1n) is 10.3. The van der Waals surface area contributed by atoms with Crippen LogP contribution >= 0.6 is 11.8 Å². The minimum Gasteiger partial charge on any atom is -0.467 e. The van der Waals surface area contributed by atoms with Crippen LogP contribution in [0.15, 0.2) is 29.4 Å². The third-order valence-electron chi connectivity index (χ3n) is 4.85. The summed E-state index contributed by atoms with van der Waals surface area (Å²) in [4.78, 5) is 21.3. The zero-order valence-corrected chi connectivity index (χ0v) is 17.7. The first-order chi connectivity index (χ1) is 14.2. The van der Waals surface area contributed by atoms with Crippen molar-refractivity contribution in [2.45, 2.75) is 62.8 Å². The van der Waals surface area contributed by atoms with Gasteiger partial charge in [0.25, 0.3) is 5.91 Å². The molecule has 29 heavy (non-hydrogen) atoms. The molecule has 0 unspecified atom stereocenters. The van der Waals surface area contributed by atoms with Gasteiger partial charge in [0.15, 0.2) is 11.8 Å². The van der Waals surface area contributed by atoms with E-state index in [0.717, 1.165) is 61.8 Å². The summed E-state index contributed by atoms with van der Waals surface area (Å²) in [5.74, 6) is 0.813. The van der Waals surface area contributed by atoms with Crippen molar-refractivity contribution in [3.8, 4) is 5.88 Å². The Bertz CT molecular complexity index is 821. The summed E-state index contributed by atoms with van der Waals surface area (Å²) < 4.78 is 18.9. The van der Waals surface area contributed by atoms with Crippen molar-refractivity contribution >= 4 is 17.7 Å². The highest BCUT2D eigenvalue weighted by molar-refractivity contribution is 7.98. The van der Waals surface area contributed by atoms with E-state index in [1.807, 2.05) is 0 Å². The molecule has 0 saturated heterocycles. The molecule has 5 nitrogen and oxygen atoms in total. The van der Waals surface area contributed by atoms with Crippen LogP contribution in [0.4, 0.5) is 4.39 Å². The number of hydrogen-bond donors (Lipinski definition) is 1. The molecule has 1 N–H and O–H groups in total. The van der Waals surface area contributed by atoms with E-state index in [1.54, 1.807) is 12.1 Å². The zero-order chi connectivity index (χ0) is 20.5. The van der Waals surface area contributed by atoms with Gasteiger partial charge in [-0.05, 0) is 49.8 Å². The molecule has 0 bridgehead atoms. The van der Waals surface area contributed by atoms with E-state index >= 15 is 0 Å². The van der Waals surface area contributed by atoms with Gasteiger partial charge in [-0.1, -0.05) is 43.7 Å². The number of aromatic nitrogens is 2. The number of nitrogens with one attached hydrogen (secondary N) is 1. The van der Waals surface area contributed by atoms with Gasteiger partial charge in [0, 0.05) is 19.3 Å². The van der Waals surface area contributed by atoms with Gasteiger partial charge < -0.3 is 10.1 Å². The third kappa shape index (κ3) is 6.70. The van der Waals surface area contributed by atoms with E-state index in [-0.39, 0.29) is 19.8 Å². The monoisotopic (exact) mass is 419 g/mol. The van der Waals surface area contributed by atoms with Gasteiger partial charge in [0.2, 0.25) is 5.88 Å². The lowest BCUT2D eigenvalue weighted by Gasteiger charge is -2.19. The van der Waals surface area contributed by atoms with Gasteiger partial charge >= 0.3 is 0 Å². The number of unbranched alkanes of at least 4 members (excludes halogenated alkanes) is 2. The average Bonchev–Trinajstić information content (AvgIpc) is 2.74. The number of halogens is 1. The number of carbonyl (C=O) groups excluding carboxylic acids is 1. The Morgan fingerprint density at radius 1 is 1.21 bits per heavy atom. The number of amides is 1. The zero-order valence-electron chi connectivity index (χ0n) is 16.9. The van der Waals surface area contributed by atoms with E-state index in [4.69, 9.17) is 9.72 Å². The molecule has 1 aliphatic rings. The van der Waals surface area contributed by atoms with Crippen LogP contribution in [0.25, 0.3) is 0 Å². The Labute approximate surface area is 177 Å². The summed E-state index contributed by atoms with van der Waals surface area (Å²) in [6.45, 7) is 2.78. The molecule has 0 spiro atoms. The van der Waals surface area contributed by atoms with Gasteiger partial charge in [-0.3, -0.25) is 4.79 Å². The minimum absolute atomic E-state index is 0. The Morgan fingerprint density at radius 2 is 2.00 bits per heavy atom. The van der Waals surface area contributed by atoms with Crippen molar-refractivity contribution in [1.82, 2.24) is 15.3 Å². The van der Waals surface area contributed by atoms with Crippen molar-refractivity contribution in [3.63, 3.8) is 0 Å². The maximum atomic E-state index is 13.1. The lowest BCUT2D eigenvalue weighted by molar-refractivity contribution is -0.123. The fourth-order valence-electron chi connectivity index (χ4n) is 3.24. The molecule has 1 amide bonds. The highest BCUT2D eigenvalue weighted by Gasteiger charge is 2.20. The number of hydrogen-bond acceptors (Lipinski definition) is 5. The van der Waals surface area contributed by atoms with Crippen LogP contribution in [-0.2, 0) is 23.4 Å². The second kappa shape index (κ2) is 11.1. The van der Waals surface area contributed by atoms with Gasteiger partial charge in [-0.25, -0.2) is 9.37 Å². The van der Waals surface area contributed by atoms with Gasteiger partial charge in [0.1, 0.15) is 5.82 Å². The number of nitrogens with zero attached hydrogens (tertiary/aromatic N) is 2. The normalized spacial score (nSPS) is 13.0. The summed E-state index contributed by atoms with van der Waals surface area (Å²) in [6.07, 6.45) is 7.18. The predicted molar refractivity (Wildman–Crippen MR) is 115 cm³/mol. The molecule has 1 heterocycles. The van der Waals surface area contributed by atoms with Crippen LogP contribution in [0.3, 0.4) is 0 Å². The highest BCUT2D eigenvalue weighted by Crippen LogP contribution is 2.30. The number of aryl methyl sites for hydroxylation is 1. The maximum Gasteiger partial charge on any atom is 0.258 e. The highest BCUT2D eigenvalue weighted by atomic mass is 32.2. The maximum absolute atomic E-state index is 13.1. The Kier molecular flexibility index (Phi) is 8.28. The minimum atomic E-state index is -0.243. The number of carbonyl (C=O) groups is 1. The standard InChI is InChI=1S/C22H28FN3O2S.H2/c1-2-3-6-13-24-20(27)14-28-21-18-7-4-5-8-19(18)25-22(26-21)29-15-16-9-11-17(23)12-10-16;/h9-12H,2-8,13-15H2,1H3,(H,24,27);1H. The van der Waals surface area contributed by atoms with Crippen LogP contribution in [0.5, 0.6) is 5.88 Å². The number of ether oxygens (including phenoxy) is 1. The van der Waals surface area contributed by atoms with Crippen LogP contribution in [0, 0.1) is 5.82 Å². The SMILES string of the molecule is CCCCCNC(=O)COc1nc(SCc2ccc(F)cc2)nc2c1CCCC2.[HH]. The fourth-order valence-corrected chi connectivity index (χ4v) is 4.05. The van der Waals surface area contributed by atoms with Crippen molar-refractivity contribution in [1.29, 1.82) is 0 Å². The quantitative estimate of drug-likeness (QED) is 0.343. The van der Waals surface area contributed by atoms with E-state index in [0.29, 0.717) is 23.3 Å². The molecule has 3 rings (SSSR count). The molecule has 158 valence electrons. The number of thioether (sulfide) groups is 1. The van der Waals surface area contributed by atoms with Gasteiger partial charge in [0.05, 0.1) is 5.69 Å². The lowest BCUT2D eigenvalue weighted by Crippen LogP contribution is -2.30. The molecule has 1 aromatic carbocycles. The topological polar surface area (TPSA) is 64.1 Å². The van der Waals surface area contributed by atoms with Gasteiger partial charge in [-0.15, -0.1) is 0 Å². The fraction of sp³-hybridized carbons (Fsp3) is 0.500. The largest absolute Gasteiger partial charge is 0.467 e. The predicted octanol–water partition coefficient (Wildman–Crippen LogP) is 4.72. The van der Waals surface area contributed by atoms with Crippen molar-refractivity contribution in [3.05, 3.63) is 46.9 Å². The second-order valence-corrected chi connectivity index (χ2v) is 8.15. The van der Waals surface area contributed by atoms with E-state index in [1.165, 1.54) is 23.9 Å². The van der Waals surface area contributed by atoms with E-state index in [9.17, 15) is 9.18 Å². The molecule has 1 aromatic heterocycles. The molecule has 0 radical (unpaired) electrons. The molecule has 0 aliphatic heterocycles. The van der Waals surface area contributed by atoms with E-state index < -0.39 is 0 Å². The van der Waals surface area contributed by atoms with E-state index in [2.05, 4.69) is 17.2 Å². The number of benzene rings is 1. The molecular weight excluding hydrogens is 389 g/mol. The first-order valence-corrected chi connectivity index (χ1v) is 11.3. The lowest BCUT2D eigenvalue weighted by atomic mass is 9.97. The summed E-state index contributed by atoms with van der Waals surface area (Å²) >= 11 is 1.49. The molecule has 0 saturated carbocycles. The second-order valence-electron chi connectivity index (χ2n) is 7.20. The Balaban J connectivity index is 0.00000320. The van der Waals surface area contributed by atoms with Crippen molar-refractivity contribution in [2.24, 2.45) is 0 Å². The summed E-state index contributed by atoms with van der Waals surface area (Å²) in [6, 6.07) is 6.44. The Hall–Kier alpha value is -2.15. The summed E-state index contributed by atoms with van der Waals surface area (Å²) in [5, 5.41) is 3.52. The van der Waals surface area contributed by atoms with Crippen molar-refractivity contribution in [2.75, 3.05) is 13.2 Å². The Morgan fingerprint density at radius 3 is 2.79 bits per heavy atom. The average molecular weight is 420 g/mol. The van der Waals surface area contributed by atoms with Crippen molar-refractivity contribution < 1.29 is 15.3 Å². The molecule has 1 aliphatic carbocycles. The molecule has 7 heteroatoms. The van der Waals surface area contributed by atoms with Crippen LogP contribution in [0.1, 0.15) is 57.3 Å². The van der Waals surface area contributed by atoms with Gasteiger partial charge in [-0.2, -0.15) is 4.98 Å². The summed E-state index contributed by atoms with van der Waals surface area (Å²) in [7, 11) is 0. The number of rotatable bonds is 10. The van der Waals surface area contributed by atoms with Crippen LogP contribution in [0.2, 0.25) is 0 Å². The number of fused-ring (bicyclic) bond motifs is 1. The first kappa shape index (κ1) is 21.6. The summed E-state index contributed by atoms with van der Waals surface area (Å²) in [5.41, 5.74) is 3.05. The molecule has 0 atom stereocenters. The van der Waals surface area contributed by atoms with Crippen LogP contribution < -0.4 is 10.1 Å². The molecule has 0 fully saturated rings. The van der Waals surface area contributed by atoms with Crippen LogP contribution in [-0.4, -0.2) is 29.0 Å². The molecular formula is C22H30FN3O2S. The smallest absolute Gasteiger partial charge is 0.258 e.